The van der Waals surface area contributed by atoms with Crippen LogP contribution in [0.25, 0.3) is 0 Å². The zero-order valence-electron chi connectivity index (χ0n) is 9.88. The van der Waals surface area contributed by atoms with Gasteiger partial charge in [0.15, 0.2) is 0 Å². The van der Waals surface area contributed by atoms with Crippen molar-refractivity contribution >= 4 is 5.91 Å². The van der Waals surface area contributed by atoms with Crippen LogP contribution in [-0.2, 0) is 4.79 Å². The van der Waals surface area contributed by atoms with Gasteiger partial charge in [0.05, 0.1) is 31.8 Å². The van der Waals surface area contributed by atoms with Gasteiger partial charge in [-0.05, 0) is 12.6 Å². The summed E-state index contributed by atoms with van der Waals surface area (Å²) >= 11 is 0. The van der Waals surface area contributed by atoms with Crippen molar-refractivity contribution in [2.45, 2.75) is 12.8 Å². The van der Waals surface area contributed by atoms with Crippen LogP contribution in [0.3, 0.4) is 0 Å². The standard InChI is InChI=1S/C6H9NO.C5H12O4/c1-2-7-5-3-4-6(7)8;6-1-5(2-7,3-8)4-9/h2H,1,3-5H2;6-9H,1-4H2. The predicted molar refractivity (Wildman–Crippen MR) is 61.9 cm³/mol. The summed E-state index contributed by atoms with van der Waals surface area (Å²) in [7, 11) is 0. The molecule has 0 unspecified atom stereocenters. The summed E-state index contributed by atoms with van der Waals surface area (Å²) in [5.74, 6) is 0.208. The zero-order chi connectivity index (χ0) is 13.3. The largest absolute Gasteiger partial charge is 0.396 e. The van der Waals surface area contributed by atoms with E-state index in [1.54, 1.807) is 11.1 Å². The molecule has 0 saturated carbocycles. The Labute approximate surface area is 101 Å². The van der Waals surface area contributed by atoms with Crippen molar-refractivity contribution in [3.63, 3.8) is 0 Å². The van der Waals surface area contributed by atoms with Crippen molar-refractivity contribution in [3.8, 4) is 0 Å². The van der Waals surface area contributed by atoms with Crippen LogP contribution < -0.4 is 0 Å². The maximum Gasteiger partial charge on any atom is 0.226 e. The summed E-state index contributed by atoms with van der Waals surface area (Å²) in [5.41, 5.74) is -1.11. The topological polar surface area (TPSA) is 101 Å². The third kappa shape index (κ3) is 4.82. The molecule has 6 nitrogen and oxygen atoms in total. The van der Waals surface area contributed by atoms with Gasteiger partial charge in [0.2, 0.25) is 5.91 Å². The Kier molecular flexibility index (Phi) is 7.73. The first kappa shape index (κ1) is 16.1. The minimum Gasteiger partial charge on any atom is -0.396 e. The summed E-state index contributed by atoms with van der Waals surface area (Å²) < 4.78 is 0. The van der Waals surface area contributed by atoms with E-state index in [0.717, 1.165) is 13.0 Å². The monoisotopic (exact) mass is 247 g/mol. The molecule has 1 fully saturated rings. The van der Waals surface area contributed by atoms with E-state index in [4.69, 9.17) is 20.4 Å². The number of aliphatic hydroxyl groups is 4. The number of aliphatic hydroxyl groups excluding tert-OH is 4. The summed E-state index contributed by atoms with van der Waals surface area (Å²) in [6, 6.07) is 0. The number of carbonyl (C=O) groups is 1. The van der Waals surface area contributed by atoms with Crippen molar-refractivity contribution in [3.05, 3.63) is 12.8 Å². The normalized spacial score (nSPS) is 15.5. The van der Waals surface area contributed by atoms with E-state index in [1.807, 2.05) is 0 Å². The molecule has 0 aliphatic carbocycles. The van der Waals surface area contributed by atoms with Crippen LogP contribution in [0.5, 0.6) is 0 Å². The second-order valence-corrected chi connectivity index (χ2v) is 4.01. The first-order valence-corrected chi connectivity index (χ1v) is 5.44. The molecule has 0 atom stereocenters. The van der Waals surface area contributed by atoms with E-state index in [-0.39, 0.29) is 5.91 Å². The zero-order valence-corrected chi connectivity index (χ0v) is 9.88. The summed E-state index contributed by atoms with van der Waals surface area (Å²) in [4.78, 5) is 12.3. The van der Waals surface area contributed by atoms with Crippen molar-refractivity contribution in [2.24, 2.45) is 5.41 Å². The van der Waals surface area contributed by atoms with Crippen LogP contribution in [0.15, 0.2) is 12.8 Å². The van der Waals surface area contributed by atoms with Crippen LogP contribution >= 0.6 is 0 Å². The molecule has 0 aromatic heterocycles. The van der Waals surface area contributed by atoms with Crippen molar-refractivity contribution < 1.29 is 25.2 Å². The lowest BCUT2D eigenvalue weighted by Gasteiger charge is -2.23. The highest BCUT2D eigenvalue weighted by Gasteiger charge is 2.26. The minimum absolute atomic E-state index is 0.208. The first-order valence-electron chi connectivity index (χ1n) is 5.44. The number of nitrogens with zero attached hydrogens (tertiary/aromatic N) is 1. The highest BCUT2D eigenvalue weighted by Crippen LogP contribution is 2.11. The van der Waals surface area contributed by atoms with Gasteiger partial charge in [0.1, 0.15) is 0 Å². The van der Waals surface area contributed by atoms with Gasteiger partial charge in [-0.1, -0.05) is 6.58 Å². The smallest absolute Gasteiger partial charge is 0.226 e. The number of likely N-dealkylation sites (tertiary alicyclic amines) is 1. The second kappa shape index (κ2) is 8.19. The average Bonchev–Trinajstić information content (AvgIpc) is 2.79. The third-order valence-corrected chi connectivity index (χ3v) is 2.67. The molecule has 0 aromatic rings. The van der Waals surface area contributed by atoms with Gasteiger partial charge < -0.3 is 25.3 Å². The molecule has 0 bridgehead atoms. The number of hydrogen-bond donors (Lipinski definition) is 4. The average molecular weight is 247 g/mol. The highest BCUT2D eigenvalue weighted by atomic mass is 16.3. The molecular weight excluding hydrogens is 226 g/mol. The predicted octanol–water partition coefficient (Wildman–Crippen LogP) is -1.31. The lowest BCUT2D eigenvalue weighted by atomic mass is 9.93. The van der Waals surface area contributed by atoms with E-state index in [0.29, 0.717) is 6.42 Å². The fourth-order valence-electron chi connectivity index (χ4n) is 1.16. The maximum atomic E-state index is 10.7. The van der Waals surface area contributed by atoms with Gasteiger partial charge in [-0.25, -0.2) is 0 Å². The molecule has 0 spiro atoms. The molecule has 1 aliphatic heterocycles. The lowest BCUT2D eigenvalue weighted by Crippen LogP contribution is -2.37. The fourth-order valence-corrected chi connectivity index (χ4v) is 1.16. The Bertz CT molecular complexity index is 223. The Morgan fingerprint density at radius 1 is 1.18 bits per heavy atom. The van der Waals surface area contributed by atoms with Gasteiger partial charge in [0.25, 0.3) is 0 Å². The van der Waals surface area contributed by atoms with Gasteiger partial charge >= 0.3 is 0 Å². The molecule has 1 aliphatic rings. The molecule has 1 heterocycles. The van der Waals surface area contributed by atoms with Crippen molar-refractivity contribution in [2.75, 3.05) is 33.0 Å². The molecule has 6 heteroatoms. The third-order valence-electron chi connectivity index (χ3n) is 2.67. The minimum atomic E-state index is -1.11. The quantitative estimate of drug-likeness (QED) is 0.483. The van der Waals surface area contributed by atoms with Crippen molar-refractivity contribution in [1.82, 2.24) is 4.90 Å². The molecule has 0 aromatic carbocycles. The van der Waals surface area contributed by atoms with Crippen LogP contribution in [0.2, 0.25) is 0 Å². The van der Waals surface area contributed by atoms with E-state index in [9.17, 15) is 4.79 Å². The summed E-state index contributed by atoms with van der Waals surface area (Å²) in [6.07, 6.45) is 3.28. The highest BCUT2D eigenvalue weighted by molar-refractivity contribution is 5.78. The molecule has 1 saturated heterocycles. The number of rotatable bonds is 5. The number of carbonyl (C=O) groups excluding carboxylic acids is 1. The van der Waals surface area contributed by atoms with Crippen LogP contribution in [0, 0.1) is 5.41 Å². The van der Waals surface area contributed by atoms with Gasteiger partial charge in [-0.15, -0.1) is 0 Å². The van der Waals surface area contributed by atoms with E-state index >= 15 is 0 Å². The van der Waals surface area contributed by atoms with Crippen LogP contribution in [0.4, 0.5) is 0 Å². The molecule has 100 valence electrons. The molecule has 1 amide bonds. The summed E-state index contributed by atoms with van der Waals surface area (Å²) in [5, 5.41) is 34.0. The van der Waals surface area contributed by atoms with Crippen molar-refractivity contribution in [1.29, 1.82) is 0 Å². The number of amides is 1. The molecule has 0 radical (unpaired) electrons. The Hall–Kier alpha value is -0.950. The molecule has 17 heavy (non-hydrogen) atoms. The van der Waals surface area contributed by atoms with Gasteiger partial charge in [0, 0.05) is 13.0 Å². The van der Waals surface area contributed by atoms with Crippen LogP contribution in [0.1, 0.15) is 12.8 Å². The maximum absolute atomic E-state index is 10.7. The number of hydrogen-bond acceptors (Lipinski definition) is 5. The van der Waals surface area contributed by atoms with E-state index < -0.39 is 31.8 Å². The molecule has 4 N–H and O–H groups in total. The SMILES string of the molecule is C=CN1CCCC1=O.OCC(CO)(CO)CO. The lowest BCUT2D eigenvalue weighted by molar-refractivity contribution is -0.125. The molecular formula is C11H21NO5. The van der Waals surface area contributed by atoms with Crippen LogP contribution in [-0.4, -0.2) is 64.2 Å². The van der Waals surface area contributed by atoms with E-state index in [1.165, 1.54) is 0 Å². The molecule has 1 rings (SSSR count). The Balaban J connectivity index is 0.000000302. The summed E-state index contributed by atoms with van der Waals surface area (Å²) in [6.45, 7) is 2.74. The Morgan fingerprint density at radius 2 is 1.65 bits per heavy atom. The Morgan fingerprint density at radius 3 is 1.76 bits per heavy atom. The van der Waals surface area contributed by atoms with Gasteiger partial charge in [-0.2, -0.15) is 0 Å². The first-order chi connectivity index (χ1) is 8.09. The van der Waals surface area contributed by atoms with E-state index in [2.05, 4.69) is 6.58 Å². The fraction of sp³-hybridized carbons (Fsp3) is 0.727. The van der Waals surface area contributed by atoms with Gasteiger partial charge in [-0.3, -0.25) is 4.79 Å². The second-order valence-electron chi connectivity index (χ2n) is 4.01.